The van der Waals surface area contributed by atoms with Crippen LogP contribution in [0.25, 0.3) is 11.4 Å². The van der Waals surface area contributed by atoms with E-state index in [1.165, 1.54) is 4.88 Å². The van der Waals surface area contributed by atoms with Gasteiger partial charge in [0.25, 0.3) is 0 Å². The lowest BCUT2D eigenvalue weighted by Gasteiger charge is -2.02. The second-order valence-corrected chi connectivity index (χ2v) is 6.04. The highest BCUT2D eigenvalue weighted by molar-refractivity contribution is 7.16. The van der Waals surface area contributed by atoms with Crippen LogP contribution in [-0.4, -0.2) is 19.9 Å². The molecule has 22 heavy (non-hydrogen) atoms. The van der Waals surface area contributed by atoms with Crippen molar-refractivity contribution in [1.29, 1.82) is 0 Å². The van der Waals surface area contributed by atoms with Gasteiger partial charge in [-0.05, 0) is 38.0 Å². The summed E-state index contributed by atoms with van der Waals surface area (Å²) in [5.41, 5.74) is 3.93. The fourth-order valence-corrected chi connectivity index (χ4v) is 3.06. The molecule has 0 aromatic carbocycles. The topological polar surface area (TPSA) is 63.6 Å². The summed E-state index contributed by atoms with van der Waals surface area (Å²) in [7, 11) is 0. The summed E-state index contributed by atoms with van der Waals surface area (Å²) >= 11 is 1.62. The van der Waals surface area contributed by atoms with Crippen molar-refractivity contribution in [2.75, 3.05) is 5.32 Å². The van der Waals surface area contributed by atoms with Crippen LogP contribution in [-0.2, 0) is 6.42 Å². The van der Waals surface area contributed by atoms with E-state index in [9.17, 15) is 0 Å². The SMILES string of the molecule is CCc1sc(Nc2nccc(C)n2)nc1-c1ncccc1C. The summed E-state index contributed by atoms with van der Waals surface area (Å²) in [5, 5.41) is 3.98. The molecule has 1 N–H and O–H groups in total. The van der Waals surface area contributed by atoms with Crippen molar-refractivity contribution < 1.29 is 0 Å². The monoisotopic (exact) mass is 311 g/mol. The van der Waals surface area contributed by atoms with Crippen LogP contribution in [0.4, 0.5) is 11.1 Å². The summed E-state index contributed by atoms with van der Waals surface area (Å²) < 4.78 is 0. The summed E-state index contributed by atoms with van der Waals surface area (Å²) in [4.78, 5) is 19.0. The van der Waals surface area contributed by atoms with Gasteiger partial charge in [-0.25, -0.2) is 15.0 Å². The van der Waals surface area contributed by atoms with Crippen LogP contribution in [0.15, 0.2) is 30.6 Å². The maximum Gasteiger partial charge on any atom is 0.229 e. The molecule has 0 aliphatic heterocycles. The Morgan fingerprint density at radius 3 is 2.64 bits per heavy atom. The summed E-state index contributed by atoms with van der Waals surface area (Å²) in [6, 6.07) is 5.86. The van der Waals surface area contributed by atoms with Crippen LogP contribution in [0.3, 0.4) is 0 Å². The quantitative estimate of drug-likeness (QED) is 0.791. The number of hydrogen-bond donors (Lipinski definition) is 1. The Bertz CT molecular complexity index is 797. The number of thiazole rings is 1. The first-order valence-electron chi connectivity index (χ1n) is 7.15. The highest BCUT2D eigenvalue weighted by Crippen LogP contribution is 2.32. The van der Waals surface area contributed by atoms with Crippen LogP contribution >= 0.6 is 11.3 Å². The minimum absolute atomic E-state index is 0.570. The third-order valence-corrected chi connectivity index (χ3v) is 4.38. The van der Waals surface area contributed by atoms with Gasteiger partial charge in [0.15, 0.2) is 5.13 Å². The molecule has 3 aromatic heterocycles. The van der Waals surface area contributed by atoms with E-state index in [4.69, 9.17) is 4.98 Å². The second kappa shape index (κ2) is 6.19. The van der Waals surface area contributed by atoms with Crippen LogP contribution in [0, 0.1) is 13.8 Å². The van der Waals surface area contributed by atoms with Crippen molar-refractivity contribution in [1.82, 2.24) is 19.9 Å². The van der Waals surface area contributed by atoms with Gasteiger partial charge in [-0.1, -0.05) is 13.0 Å². The molecule has 0 aliphatic carbocycles. The van der Waals surface area contributed by atoms with Crippen molar-refractivity contribution >= 4 is 22.4 Å². The van der Waals surface area contributed by atoms with E-state index in [1.54, 1.807) is 23.7 Å². The molecule has 112 valence electrons. The Labute approximate surface area is 133 Å². The molecule has 0 spiro atoms. The van der Waals surface area contributed by atoms with E-state index in [0.717, 1.165) is 34.2 Å². The molecule has 0 bridgehead atoms. The van der Waals surface area contributed by atoms with Gasteiger partial charge in [0.05, 0.1) is 5.69 Å². The number of nitrogens with zero attached hydrogens (tertiary/aromatic N) is 4. The van der Waals surface area contributed by atoms with Crippen molar-refractivity contribution in [3.05, 3.63) is 46.7 Å². The fourth-order valence-electron chi connectivity index (χ4n) is 2.17. The average Bonchev–Trinajstić information content (AvgIpc) is 2.90. The molecule has 3 heterocycles. The summed E-state index contributed by atoms with van der Waals surface area (Å²) in [6.45, 7) is 6.12. The molecule has 0 saturated heterocycles. The van der Waals surface area contributed by atoms with Gasteiger partial charge in [-0.15, -0.1) is 11.3 Å². The smallest absolute Gasteiger partial charge is 0.229 e. The van der Waals surface area contributed by atoms with Gasteiger partial charge in [0.2, 0.25) is 5.95 Å². The molecule has 0 fully saturated rings. The molecule has 3 aromatic rings. The zero-order valence-corrected chi connectivity index (χ0v) is 13.6. The molecular weight excluding hydrogens is 294 g/mol. The number of hydrogen-bond acceptors (Lipinski definition) is 6. The molecule has 5 nitrogen and oxygen atoms in total. The van der Waals surface area contributed by atoms with E-state index in [2.05, 4.69) is 40.2 Å². The largest absolute Gasteiger partial charge is 0.300 e. The summed E-state index contributed by atoms with van der Waals surface area (Å²) in [5.74, 6) is 0.570. The zero-order valence-electron chi connectivity index (χ0n) is 12.8. The van der Waals surface area contributed by atoms with Gasteiger partial charge >= 0.3 is 0 Å². The van der Waals surface area contributed by atoms with E-state index in [-0.39, 0.29) is 0 Å². The highest BCUT2D eigenvalue weighted by atomic mass is 32.1. The van der Waals surface area contributed by atoms with E-state index < -0.39 is 0 Å². The Morgan fingerprint density at radius 2 is 1.91 bits per heavy atom. The van der Waals surface area contributed by atoms with Crippen molar-refractivity contribution in [2.24, 2.45) is 0 Å². The number of nitrogens with one attached hydrogen (secondary N) is 1. The molecular formula is C16H17N5S. The van der Waals surface area contributed by atoms with E-state index in [1.807, 2.05) is 19.1 Å². The van der Waals surface area contributed by atoms with Crippen molar-refractivity contribution in [3.63, 3.8) is 0 Å². The van der Waals surface area contributed by atoms with Crippen molar-refractivity contribution in [2.45, 2.75) is 27.2 Å². The minimum atomic E-state index is 0.570. The Hall–Kier alpha value is -2.34. The van der Waals surface area contributed by atoms with Gasteiger partial charge in [0, 0.05) is 23.0 Å². The molecule has 0 amide bonds. The molecule has 0 radical (unpaired) electrons. The third kappa shape index (κ3) is 2.96. The van der Waals surface area contributed by atoms with Gasteiger partial charge in [-0.3, -0.25) is 4.98 Å². The lowest BCUT2D eigenvalue weighted by Crippen LogP contribution is -1.97. The third-order valence-electron chi connectivity index (χ3n) is 3.27. The molecule has 3 rings (SSSR count). The first-order valence-corrected chi connectivity index (χ1v) is 7.97. The highest BCUT2D eigenvalue weighted by Gasteiger charge is 2.15. The fraction of sp³-hybridized carbons (Fsp3) is 0.250. The Balaban J connectivity index is 1.97. The maximum absolute atomic E-state index is 4.70. The molecule has 0 unspecified atom stereocenters. The van der Waals surface area contributed by atoms with Crippen LogP contribution in [0.1, 0.15) is 23.1 Å². The molecule has 0 aliphatic rings. The van der Waals surface area contributed by atoms with E-state index >= 15 is 0 Å². The zero-order chi connectivity index (χ0) is 15.5. The van der Waals surface area contributed by atoms with Crippen molar-refractivity contribution in [3.8, 4) is 11.4 Å². The first-order chi connectivity index (χ1) is 10.7. The number of rotatable bonds is 4. The predicted molar refractivity (Wildman–Crippen MR) is 89.5 cm³/mol. The molecule has 0 atom stereocenters. The van der Waals surface area contributed by atoms with Crippen LogP contribution < -0.4 is 5.32 Å². The second-order valence-electron chi connectivity index (χ2n) is 4.96. The van der Waals surface area contributed by atoms with Crippen LogP contribution in [0.2, 0.25) is 0 Å². The average molecular weight is 311 g/mol. The van der Waals surface area contributed by atoms with Gasteiger partial charge in [-0.2, -0.15) is 0 Å². The number of anilines is 2. The Morgan fingerprint density at radius 1 is 1.05 bits per heavy atom. The lowest BCUT2D eigenvalue weighted by atomic mass is 10.1. The summed E-state index contributed by atoms with van der Waals surface area (Å²) in [6.07, 6.45) is 4.46. The number of aromatic nitrogens is 4. The van der Waals surface area contributed by atoms with Crippen LogP contribution in [0.5, 0.6) is 0 Å². The minimum Gasteiger partial charge on any atom is -0.300 e. The Kier molecular flexibility index (Phi) is 4.11. The number of pyridine rings is 1. The molecule has 0 saturated carbocycles. The predicted octanol–water partition coefficient (Wildman–Crippen LogP) is 3.92. The standard InChI is InChI=1S/C16H17N5S/c1-4-12-14(13-10(2)6-5-8-17-13)20-16(22-12)21-15-18-9-7-11(3)19-15/h5-9H,4H2,1-3H3,(H,18,19,20,21). The van der Waals surface area contributed by atoms with Gasteiger partial charge in [0.1, 0.15) is 5.69 Å². The first kappa shape index (κ1) is 14.6. The normalized spacial score (nSPS) is 10.7. The van der Waals surface area contributed by atoms with E-state index in [0.29, 0.717) is 5.95 Å². The number of aryl methyl sites for hydroxylation is 3. The van der Waals surface area contributed by atoms with Gasteiger partial charge < -0.3 is 5.32 Å². The molecule has 6 heteroatoms. The maximum atomic E-state index is 4.70. The lowest BCUT2D eigenvalue weighted by molar-refractivity contribution is 1.10.